The smallest absolute Gasteiger partial charge is 0.416 e. The average molecular weight is 409 g/mol. The molecule has 1 heterocycles. The van der Waals surface area contributed by atoms with Crippen molar-refractivity contribution in [2.24, 2.45) is 0 Å². The molecule has 0 unspecified atom stereocenters. The number of fused-ring (bicyclic) bond motifs is 1. The summed E-state index contributed by atoms with van der Waals surface area (Å²) in [4.78, 5) is 4.39. The highest BCUT2D eigenvalue weighted by Crippen LogP contribution is 2.33. The third-order valence-corrected chi connectivity index (χ3v) is 4.59. The van der Waals surface area contributed by atoms with Crippen molar-refractivity contribution in [1.29, 1.82) is 0 Å². The summed E-state index contributed by atoms with van der Waals surface area (Å²) in [5.41, 5.74) is 2.79. The summed E-state index contributed by atoms with van der Waals surface area (Å²) < 4.78 is 44.1. The molecule has 0 atom stereocenters. The summed E-state index contributed by atoms with van der Waals surface area (Å²) in [6, 6.07) is 20.0. The van der Waals surface area contributed by atoms with Crippen molar-refractivity contribution in [1.82, 2.24) is 4.98 Å². The molecule has 0 aliphatic rings. The number of methoxy groups -OCH3 is 1. The van der Waals surface area contributed by atoms with Crippen LogP contribution in [0.3, 0.4) is 0 Å². The first-order valence-electron chi connectivity index (χ1n) is 9.16. The molecule has 1 aromatic heterocycles. The van der Waals surface area contributed by atoms with Gasteiger partial charge in [-0.25, -0.2) is 0 Å². The number of halogens is 3. The Hall–Kier alpha value is -3.74. The van der Waals surface area contributed by atoms with Crippen LogP contribution in [0.2, 0.25) is 0 Å². The minimum absolute atomic E-state index is 0.359. The minimum Gasteiger partial charge on any atom is -0.497 e. The number of rotatable bonds is 5. The summed E-state index contributed by atoms with van der Waals surface area (Å²) >= 11 is 0. The van der Waals surface area contributed by atoms with E-state index in [-0.39, 0.29) is 0 Å². The lowest BCUT2D eigenvalue weighted by Crippen LogP contribution is -2.05. The van der Waals surface area contributed by atoms with Crippen LogP contribution in [-0.4, -0.2) is 12.1 Å². The molecule has 4 nitrogen and oxygen atoms in total. The van der Waals surface area contributed by atoms with Crippen LogP contribution in [-0.2, 0) is 6.18 Å². The first kappa shape index (κ1) is 19.6. The van der Waals surface area contributed by atoms with Crippen molar-refractivity contribution in [2.45, 2.75) is 6.18 Å². The molecule has 0 aliphatic carbocycles. The van der Waals surface area contributed by atoms with Crippen molar-refractivity contribution in [3.05, 3.63) is 84.6 Å². The normalized spacial score (nSPS) is 11.3. The molecular weight excluding hydrogens is 391 g/mol. The number of benzene rings is 3. The number of pyridine rings is 1. The van der Waals surface area contributed by atoms with Crippen LogP contribution in [0, 0.1) is 0 Å². The zero-order valence-corrected chi connectivity index (χ0v) is 16.0. The molecule has 30 heavy (non-hydrogen) atoms. The van der Waals surface area contributed by atoms with Gasteiger partial charge in [0.15, 0.2) is 0 Å². The number of alkyl halides is 3. The van der Waals surface area contributed by atoms with E-state index in [1.807, 2.05) is 42.5 Å². The number of nitrogens with zero attached hydrogens (tertiary/aromatic N) is 1. The minimum atomic E-state index is -4.39. The SMILES string of the molecule is COc1ccc(Nc2ccc3c(Nc4cccc(C(F)(F)F)c4)ccnc3c2)cc1. The fraction of sp³-hybridized carbons (Fsp3) is 0.0870. The molecule has 0 amide bonds. The van der Waals surface area contributed by atoms with Gasteiger partial charge in [0, 0.05) is 34.3 Å². The van der Waals surface area contributed by atoms with Gasteiger partial charge >= 0.3 is 6.18 Å². The predicted octanol–water partition coefficient (Wildman–Crippen LogP) is 6.75. The maximum Gasteiger partial charge on any atom is 0.416 e. The van der Waals surface area contributed by atoms with Crippen molar-refractivity contribution in [2.75, 3.05) is 17.7 Å². The van der Waals surface area contributed by atoms with Crippen molar-refractivity contribution in [3.63, 3.8) is 0 Å². The van der Waals surface area contributed by atoms with Gasteiger partial charge in [0.1, 0.15) is 5.75 Å². The van der Waals surface area contributed by atoms with Crippen molar-refractivity contribution >= 4 is 33.7 Å². The van der Waals surface area contributed by atoms with Gasteiger partial charge < -0.3 is 15.4 Å². The Bertz CT molecular complexity index is 1170. The van der Waals surface area contributed by atoms with Crippen LogP contribution < -0.4 is 15.4 Å². The second-order valence-corrected chi connectivity index (χ2v) is 6.65. The number of ether oxygens (including phenoxy) is 1. The molecule has 0 fully saturated rings. The van der Waals surface area contributed by atoms with E-state index in [1.54, 1.807) is 25.4 Å². The molecule has 0 saturated heterocycles. The molecule has 3 aromatic carbocycles. The fourth-order valence-electron chi connectivity index (χ4n) is 3.10. The molecule has 4 rings (SSSR count). The van der Waals surface area contributed by atoms with E-state index in [4.69, 9.17) is 4.74 Å². The largest absolute Gasteiger partial charge is 0.497 e. The van der Waals surface area contributed by atoms with Crippen LogP contribution in [0.25, 0.3) is 10.9 Å². The fourth-order valence-corrected chi connectivity index (χ4v) is 3.10. The van der Waals surface area contributed by atoms with Crippen molar-refractivity contribution < 1.29 is 17.9 Å². The monoisotopic (exact) mass is 409 g/mol. The van der Waals surface area contributed by atoms with E-state index in [2.05, 4.69) is 15.6 Å². The van der Waals surface area contributed by atoms with Gasteiger partial charge in [-0.2, -0.15) is 13.2 Å². The summed E-state index contributed by atoms with van der Waals surface area (Å²) in [6.45, 7) is 0. The average Bonchev–Trinajstić information content (AvgIpc) is 2.74. The predicted molar refractivity (Wildman–Crippen MR) is 113 cm³/mol. The molecule has 4 aromatic rings. The first-order valence-corrected chi connectivity index (χ1v) is 9.16. The molecular formula is C23H18F3N3O. The van der Waals surface area contributed by atoms with E-state index < -0.39 is 11.7 Å². The summed E-state index contributed by atoms with van der Waals surface area (Å²) in [5.74, 6) is 0.769. The number of aromatic nitrogens is 1. The van der Waals surface area contributed by atoms with Crippen LogP contribution in [0.5, 0.6) is 5.75 Å². The van der Waals surface area contributed by atoms with Gasteiger partial charge in [-0.3, -0.25) is 4.98 Å². The summed E-state index contributed by atoms with van der Waals surface area (Å²) in [6.07, 6.45) is -2.77. The van der Waals surface area contributed by atoms with E-state index in [9.17, 15) is 13.2 Å². The zero-order valence-electron chi connectivity index (χ0n) is 16.0. The van der Waals surface area contributed by atoms with Crippen LogP contribution in [0.4, 0.5) is 35.9 Å². The molecule has 0 aliphatic heterocycles. The number of anilines is 4. The van der Waals surface area contributed by atoms with E-state index in [1.165, 1.54) is 6.07 Å². The van der Waals surface area contributed by atoms with E-state index in [0.717, 1.165) is 34.6 Å². The van der Waals surface area contributed by atoms with Gasteiger partial charge in [-0.15, -0.1) is 0 Å². The number of nitrogens with one attached hydrogen (secondary N) is 2. The Morgan fingerprint density at radius 2 is 1.53 bits per heavy atom. The van der Waals surface area contributed by atoms with Gasteiger partial charge in [0.05, 0.1) is 18.2 Å². The molecule has 0 bridgehead atoms. The Kier molecular flexibility index (Phi) is 5.18. The molecule has 152 valence electrons. The number of hydrogen-bond acceptors (Lipinski definition) is 4. The van der Waals surface area contributed by atoms with Crippen LogP contribution in [0.15, 0.2) is 79.0 Å². The Labute approximate surface area is 171 Å². The molecule has 0 saturated carbocycles. The van der Waals surface area contributed by atoms with Gasteiger partial charge in [0.2, 0.25) is 0 Å². The standard InChI is InChI=1S/C23H18F3N3O/c1-30-19-8-5-16(6-9-19)28-18-7-10-20-21(11-12-27-22(20)14-18)29-17-4-2-3-15(13-17)23(24,25)26/h2-14,28H,1H3,(H,27,29). The second-order valence-electron chi connectivity index (χ2n) is 6.65. The molecule has 7 heteroatoms. The topological polar surface area (TPSA) is 46.2 Å². The Morgan fingerprint density at radius 1 is 0.800 bits per heavy atom. The lowest BCUT2D eigenvalue weighted by molar-refractivity contribution is -0.137. The summed E-state index contributed by atoms with van der Waals surface area (Å²) in [5, 5.41) is 7.17. The lowest BCUT2D eigenvalue weighted by Gasteiger charge is -2.13. The maximum absolute atomic E-state index is 13.0. The second kappa shape index (κ2) is 7.94. The molecule has 0 spiro atoms. The highest BCUT2D eigenvalue weighted by Gasteiger charge is 2.30. The highest BCUT2D eigenvalue weighted by molar-refractivity contribution is 5.94. The van der Waals surface area contributed by atoms with Gasteiger partial charge in [-0.1, -0.05) is 6.07 Å². The Morgan fingerprint density at radius 3 is 2.27 bits per heavy atom. The van der Waals surface area contributed by atoms with E-state index in [0.29, 0.717) is 16.9 Å². The quantitative estimate of drug-likeness (QED) is 0.383. The third-order valence-electron chi connectivity index (χ3n) is 4.59. The first-order chi connectivity index (χ1) is 14.4. The molecule has 0 radical (unpaired) electrons. The summed E-state index contributed by atoms with van der Waals surface area (Å²) in [7, 11) is 1.61. The zero-order chi connectivity index (χ0) is 21.1. The lowest BCUT2D eigenvalue weighted by atomic mass is 10.1. The van der Waals surface area contributed by atoms with E-state index >= 15 is 0 Å². The van der Waals surface area contributed by atoms with Gasteiger partial charge in [-0.05, 0) is 66.7 Å². The Balaban J connectivity index is 1.60. The van der Waals surface area contributed by atoms with Gasteiger partial charge in [0.25, 0.3) is 0 Å². The van der Waals surface area contributed by atoms with Crippen LogP contribution >= 0.6 is 0 Å². The van der Waals surface area contributed by atoms with Crippen molar-refractivity contribution in [3.8, 4) is 5.75 Å². The van der Waals surface area contributed by atoms with Crippen LogP contribution in [0.1, 0.15) is 5.56 Å². The third kappa shape index (κ3) is 4.30. The maximum atomic E-state index is 13.0. The number of hydrogen-bond donors (Lipinski definition) is 2. The highest BCUT2D eigenvalue weighted by atomic mass is 19.4. The molecule has 2 N–H and O–H groups in total.